The van der Waals surface area contributed by atoms with Crippen molar-refractivity contribution in [2.75, 3.05) is 0 Å². The number of benzene rings is 1. The average molecular weight is 230 g/mol. The maximum absolute atomic E-state index is 13.6. The first-order chi connectivity index (χ1) is 7.50. The average Bonchev–Trinajstić information content (AvgIpc) is 2.29. The minimum atomic E-state index is -3.52. The fourth-order valence-corrected chi connectivity index (χ4v) is 1.51. The number of hydrogen-bond donors (Lipinski definition) is 2. The van der Waals surface area contributed by atoms with Gasteiger partial charge in [0, 0.05) is 0 Å². The Labute approximate surface area is 93.5 Å². The summed E-state index contributed by atoms with van der Waals surface area (Å²) in [6, 6.07) is 7.65. The zero-order valence-electron chi connectivity index (χ0n) is 9.11. The minimum Gasteiger partial charge on any atom is -0.387 e. The van der Waals surface area contributed by atoms with Gasteiger partial charge in [-0.1, -0.05) is 43.7 Å². The van der Waals surface area contributed by atoms with Crippen LogP contribution in [0.5, 0.6) is 0 Å². The van der Waals surface area contributed by atoms with Crippen molar-refractivity contribution in [3.8, 4) is 0 Å². The molecule has 16 heavy (non-hydrogen) atoms. The topological polar surface area (TPSA) is 40.5 Å². The Kier molecular flexibility index (Phi) is 4.38. The fourth-order valence-electron chi connectivity index (χ4n) is 1.51. The van der Waals surface area contributed by atoms with Crippen molar-refractivity contribution in [2.24, 2.45) is 0 Å². The van der Waals surface area contributed by atoms with Crippen molar-refractivity contribution >= 4 is 0 Å². The van der Waals surface area contributed by atoms with Crippen molar-refractivity contribution in [3.05, 3.63) is 35.9 Å². The molecular weight excluding hydrogens is 214 g/mol. The molecule has 0 spiro atoms. The van der Waals surface area contributed by atoms with E-state index in [-0.39, 0.29) is 12.0 Å². The summed E-state index contributed by atoms with van der Waals surface area (Å²) < 4.78 is 27.2. The van der Waals surface area contributed by atoms with Crippen LogP contribution in [0.15, 0.2) is 30.3 Å². The van der Waals surface area contributed by atoms with Gasteiger partial charge in [0.2, 0.25) is 0 Å². The van der Waals surface area contributed by atoms with Crippen LogP contribution < -0.4 is 0 Å². The summed E-state index contributed by atoms with van der Waals surface area (Å²) >= 11 is 0. The molecule has 0 unspecified atom stereocenters. The van der Waals surface area contributed by atoms with E-state index in [1.807, 2.05) is 0 Å². The molecule has 4 heteroatoms. The fraction of sp³-hybridized carbons (Fsp3) is 0.500. The van der Waals surface area contributed by atoms with Gasteiger partial charge in [-0.2, -0.15) is 0 Å². The molecule has 0 aromatic heterocycles. The van der Waals surface area contributed by atoms with E-state index in [1.165, 1.54) is 12.1 Å². The van der Waals surface area contributed by atoms with Crippen LogP contribution in [-0.2, 0) is 0 Å². The molecule has 0 heterocycles. The van der Waals surface area contributed by atoms with Crippen LogP contribution in [0.3, 0.4) is 0 Å². The lowest BCUT2D eigenvalue weighted by atomic mass is 9.97. The first-order valence-corrected chi connectivity index (χ1v) is 5.29. The first kappa shape index (κ1) is 13.1. The Hall–Kier alpha value is -1.00. The number of aliphatic hydroxyl groups is 2. The van der Waals surface area contributed by atoms with Crippen molar-refractivity contribution in [1.82, 2.24) is 0 Å². The largest absolute Gasteiger partial charge is 0.387 e. The smallest absolute Gasteiger partial charge is 0.302 e. The van der Waals surface area contributed by atoms with E-state index in [4.69, 9.17) is 0 Å². The molecule has 0 saturated carbocycles. The van der Waals surface area contributed by atoms with Gasteiger partial charge in [0.05, 0.1) is 0 Å². The molecule has 1 rings (SSSR count). The summed E-state index contributed by atoms with van der Waals surface area (Å²) in [6.45, 7) is 1.70. The summed E-state index contributed by atoms with van der Waals surface area (Å²) in [5.41, 5.74) is 0.114. The van der Waals surface area contributed by atoms with E-state index >= 15 is 0 Å². The van der Waals surface area contributed by atoms with E-state index in [1.54, 1.807) is 25.1 Å². The van der Waals surface area contributed by atoms with Crippen molar-refractivity contribution in [2.45, 2.75) is 37.9 Å². The third-order valence-corrected chi connectivity index (χ3v) is 2.49. The summed E-state index contributed by atoms with van der Waals surface area (Å²) in [6.07, 6.45) is -3.36. The third-order valence-electron chi connectivity index (χ3n) is 2.49. The summed E-state index contributed by atoms with van der Waals surface area (Å²) in [7, 11) is 0. The van der Waals surface area contributed by atoms with Gasteiger partial charge in [0.1, 0.15) is 12.2 Å². The van der Waals surface area contributed by atoms with E-state index < -0.39 is 18.1 Å². The lowest BCUT2D eigenvalue weighted by Crippen LogP contribution is -2.39. The Balaban J connectivity index is 2.83. The minimum absolute atomic E-state index is 0.0309. The lowest BCUT2D eigenvalue weighted by molar-refractivity contribution is -0.180. The van der Waals surface area contributed by atoms with E-state index in [9.17, 15) is 19.0 Å². The predicted molar refractivity (Wildman–Crippen MR) is 57.3 cm³/mol. The number of aliphatic hydroxyl groups excluding tert-OH is 2. The molecule has 0 aliphatic rings. The molecule has 0 aliphatic heterocycles. The van der Waals surface area contributed by atoms with Crippen molar-refractivity contribution in [3.63, 3.8) is 0 Å². The standard InChI is InChI=1S/C12H16F2O2/c1-2-6-10(15)12(13,14)11(16)9-7-4-3-5-8-9/h3-5,7-8,10-11,15-16H,2,6H2,1H3/t10-,11+/m1/s1. The number of hydrogen-bond acceptors (Lipinski definition) is 2. The molecule has 2 atom stereocenters. The number of rotatable bonds is 5. The van der Waals surface area contributed by atoms with Gasteiger partial charge in [0.25, 0.3) is 0 Å². The quantitative estimate of drug-likeness (QED) is 0.816. The highest BCUT2D eigenvalue weighted by Gasteiger charge is 2.45. The second kappa shape index (κ2) is 5.37. The van der Waals surface area contributed by atoms with Crippen LogP contribution in [0.4, 0.5) is 8.78 Å². The van der Waals surface area contributed by atoms with E-state index in [2.05, 4.69) is 0 Å². The molecule has 1 aromatic carbocycles. The van der Waals surface area contributed by atoms with Crippen LogP contribution >= 0.6 is 0 Å². The summed E-state index contributed by atoms with van der Waals surface area (Å²) in [5, 5.41) is 18.8. The second-order valence-corrected chi connectivity index (χ2v) is 3.79. The molecule has 0 bridgehead atoms. The van der Waals surface area contributed by atoms with E-state index in [0.717, 1.165) is 0 Å². The molecule has 0 fully saturated rings. The molecule has 2 N–H and O–H groups in total. The van der Waals surface area contributed by atoms with Gasteiger partial charge < -0.3 is 10.2 Å². The Morgan fingerprint density at radius 3 is 2.25 bits per heavy atom. The molecule has 0 radical (unpaired) electrons. The van der Waals surface area contributed by atoms with Gasteiger partial charge in [-0.15, -0.1) is 0 Å². The third kappa shape index (κ3) is 2.77. The molecular formula is C12H16F2O2. The molecule has 1 aromatic rings. The molecule has 0 amide bonds. The Morgan fingerprint density at radius 2 is 1.75 bits per heavy atom. The zero-order valence-corrected chi connectivity index (χ0v) is 9.11. The van der Waals surface area contributed by atoms with Crippen LogP contribution in [-0.4, -0.2) is 22.2 Å². The van der Waals surface area contributed by atoms with Gasteiger partial charge in [-0.25, -0.2) is 8.78 Å². The monoisotopic (exact) mass is 230 g/mol. The lowest BCUT2D eigenvalue weighted by Gasteiger charge is -2.27. The van der Waals surface area contributed by atoms with Crippen LogP contribution in [0, 0.1) is 0 Å². The SMILES string of the molecule is CCC[C@@H](O)C(F)(F)[C@@H](O)c1ccccc1. The summed E-state index contributed by atoms with van der Waals surface area (Å²) in [5.74, 6) is -3.52. The summed E-state index contributed by atoms with van der Waals surface area (Å²) in [4.78, 5) is 0. The predicted octanol–water partition coefficient (Wildman–Crippen LogP) is 2.52. The molecule has 0 aliphatic carbocycles. The Morgan fingerprint density at radius 1 is 1.19 bits per heavy atom. The van der Waals surface area contributed by atoms with Crippen molar-refractivity contribution < 1.29 is 19.0 Å². The zero-order chi connectivity index (χ0) is 12.2. The van der Waals surface area contributed by atoms with E-state index in [0.29, 0.717) is 6.42 Å². The maximum atomic E-state index is 13.6. The van der Waals surface area contributed by atoms with Gasteiger partial charge in [-0.05, 0) is 12.0 Å². The first-order valence-electron chi connectivity index (χ1n) is 5.29. The van der Waals surface area contributed by atoms with Crippen LogP contribution in [0.1, 0.15) is 31.4 Å². The van der Waals surface area contributed by atoms with Gasteiger partial charge in [0.15, 0.2) is 0 Å². The number of halogens is 2. The number of alkyl halides is 2. The second-order valence-electron chi connectivity index (χ2n) is 3.79. The Bertz CT molecular complexity index is 314. The highest BCUT2D eigenvalue weighted by molar-refractivity contribution is 5.19. The highest BCUT2D eigenvalue weighted by atomic mass is 19.3. The van der Waals surface area contributed by atoms with Crippen LogP contribution in [0.2, 0.25) is 0 Å². The van der Waals surface area contributed by atoms with Gasteiger partial charge >= 0.3 is 5.92 Å². The highest BCUT2D eigenvalue weighted by Crippen LogP contribution is 2.35. The molecule has 90 valence electrons. The molecule has 2 nitrogen and oxygen atoms in total. The molecule has 0 saturated heterocycles. The van der Waals surface area contributed by atoms with Gasteiger partial charge in [-0.3, -0.25) is 0 Å². The maximum Gasteiger partial charge on any atom is 0.302 e. The normalized spacial score (nSPS) is 15.8. The van der Waals surface area contributed by atoms with Crippen LogP contribution in [0.25, 0.3) is 0 Å². The van der Waals surface area contributed by atoms with Crippen molar-refractivity contribution in [1.29, 1.82) is 0 Å².